The number of hydrogen-bond donors (Lipinski definition) is 2. The van der Waals surface area contributed by atoms with Crippen molar-refractivity contribution in [1.82, 2.24) is 0 Å². The summed E-state index contributed by atoms with van der Waals surface area (Å²) in [4.78, 5) is 10.6. The number of phenols is 2. The highest BCUT2D eigenvalue weighted by molar-refractivity contribution is 5.86. The summed E-state index contributed by atoms with van der Waals surface area (Å²) in [6.45, 7) is 0. The Kier molecular flexibility index (Phi) is 2.81. The molecule has 0 saturated carbocycles. The summed E-state index contributed by atoms with van der Waals surface area (Å²) in [6.07, 6.45) is 0.396. The molecule has 0 aromatic heterocycles. The average Bonchev–Trinajstić information content (AvgIpc) is 2.21. The van der Waals surface area contributed by atoms with Gasteiger partial charge in [0, 0.05) is 6.07 Å². The SMILES string of the molecule is COc1cc(OC)c(C=O)c(O)c1O. The molecule has 0 atom stereocenters. The molecule has 5 heteroatoms. The van der Waals surface area contributed by atoms with Crippen molar-refractivity contribution in [3.8, 4) is 23.0 Å². The lowest BCUT2D eigenvalue weighted by atomic mass is 10.1. The molecule has 0 radical (unpaired) electrons. The Morgan fingerprint density at radius 2 is 1.71 bits per heavy atom. The monoisotopic (exact) mass is 198 g/mol. The third kappa shape index (κ3) is 1.44. The van der Waals surface area contributed by atoms with Crippen molar-refractivity contribution < 1.29 is 24.5 Å². The Balaban J connectivity index is 3.45. The molecule has 0 spiro atoms. The second kappa shape index (κ2) is 3.87. The van der Waals surface area contributed by atoms with Gasteiger partial charge >= 0.3 is 0 Å². The van der Waals surface area contributed by atoms with E-state index in [0.29, 0.717) is 6.29 Å². The van der Waals surface area contributed by atoms with Crippen molar-refractivity contribution in [2.45, 2.75) is 0 Å². The highest BCUT2D eigenvalue weighted by atomic mass is 16.5. The van der Waals surface area contributed by atoms with Crippen LogP contribution in [-0.2, 0) is 0 Å². The molecule has 0 amide bonds. The summed E-state index contributed by atoms with van der Waals surface area (Å²) in [6, 6.07) is 1.32. The van der Waals surface area contributed by atoms with E-state index < -0.39 is 11.5 Å². The molecular weight excluding hydrogens is 188 g/mol. The lowest BCUT2D eigenvalue weighted by molar-refractivity contribution is 0.111. The number of rotatable bonds is 3. The summed E-state index contributed by atoms with van der Waals surface area (Å²) in [7, 11) is 2.67. The molecule has 0 aliphatic rings. The zero-order valence-corrected chi connectivity index (χ0v) is 7.77. The molecule has 76 valence electrons. The van der Waals surface area contributed by atoms with Crippen LogP contribution in [0.4, 0.5) is 0 Å². The molecule has 2 N–H and O–H groups in total. The molecule has 0 saturated heterocycles. The normalized spacial score (nSPS) is 9.57. The van der Waals surface area contributed by atoms with Crippen LogP contribution in [0.3, 0.4) is 0 Å². The van der Waals surface area contributed by atoms with Crippen LogP contribution in [0.5, 0.6) is 23.0 Å². The Morgan fingerprint density at radius 3 is 2.14 bits per heavy atom. The van der Waals surface area contributed by atoms with Crippen LogP contribution in [0.2, 0.25) is 0 Å². The maximum absolute atomic E-state index is 10.6. The first-order valence-corrected chi connectivity index (χ1v) is 3.77. The predicted molar refractivity (Wildman–Crippen MR) is 48.3 cm³/mol. The molecule has 0 aliphatic carbocycles. The summed E-state index contributed by atoms with van der Waals surface area (Å²) >= 11 is 0. The van der Waals surface area contributed by atoms with Crippen LogP contribution >= 0.6 is 0 Å². The Labute approximate surface area is 80.5 Å². The van der Waals surface area contributed by atoms with E-state index in [1.807, 2.05) is 0 Å². The van der Waals surface area contributed by atoms with E-state index in [0.717, 1.165) is 0 Å². The number of phenolic OH excluding ortho intramolecular Hbond substituents is 2. The van der Waals surface area contributed by atoms with Crippen LogP contribution in [0.25, 0.3) is 0 Å². The third-order valence-electron chi connectivity index (χ3n) is 1.80. The summed E-state index contributed by atoms with van der Waals surface area (Å²) in [5.41, 5.74) is -0.106. The van der Waals surface area contributed by atoms with E-state index in [1.54, 1.807) is 0 Å². The van der Waals surface area contributed by atoms with E-state index >= 15 is 0 Å². The van der Waals surface area contributed by atoms with E-state index in [4.69, 9.17) is 9.47 Å². The standard InChI is InChI=1S/C9H10O5/c1-13-6-3-7(14-2)9(12)8(11)5(6)4-10/h3-4,11-12H,1-2H3. The fraction of sp³-hybridized carbons (Fsp3) is 0.222. The quantitative estimate of drug-likeness (QED) is 0.558. The zero-order chi connectivity index (χ0) is 10.7. The average molecular weight is 198 g/mol. The number of hydrogen-bond acceptors (Lipinski definition) is 5. The Hall–Kier alpha value is -1.91. The van der Waals surface area contributed by atoms with Crippen molar-refractivity contribution in [3.63, 3.8) is 0 Å². The first kappa shape index (κ1) is 10.2. The molecule has 0 bridgehead atoms. The maximum Gasteiger partial charge on any atom is 0.201 e. The van der Waals surface area contributed by atoms with Crippen LogP contribution in [0.15, 0.2) is 6.07 Å². The van der Waals surface area contributed by atoms with Crippen LogP contribution in [-0.4, -0.2) is 30.7 Å². The molecule has 0 aliphatic heterocycles. The number of carbonyl (C=O) groups excluding carboxylic acids is 1. The molecule has 14 heavy (non-hydrogen) atoms. The van der Waals surface area contributed by atoms with Gasteiger partial charge in [-0.3, -0.25) is 4.79 Å². The van der Waals surface area contributed by atoms with Gasteiger partial charge in [-0.05, 0) is 0 Å². The molecule has 1 aromatic rings. The van der Waals surface area contributed by atoms with E-state index in [9.17, 15) is 15.0 Å². The van der Waals surface area contributed by atoms with Gasteiger partial charge in [-0.15, -0.1) is 0 Å². The van der Waals surface area contributed by atoms with Gasteiger partial charge in [0.05, 0.1) is 14.2 Å². The van der Waals surface area contributed by atoms with Gasteiger partial charge in [0.2, 0.25) is 5.75 Å². The van der Waals surface area contributed by atoms with Crippen molar-refractivity contribution >= 4 is 6.29 Å². The summed E-state index contributed by atoms with van der Waals surface area (Å²) < 4.78 is 9.59. The van der Waals surface area contributed by atoms with Crippen molar-refractivity contribution in [1.29, 1.82) is 0 Å². The predicted octanol–water partition coefficient (Wildman–Crippen LogP) is 0.927. The first-order valence-electron chi connectivity index (χ1n) is 3.77. The third-order valence-corrected chi connectivity index (χ3v) is 1.80. The second-order valence-corrected chi connectivity index (χ2v) is 2.51. The van der Waals surface area contributed by atoms with Gasteiger partial charge in [0.1, 0.15) is 11.3 Å². The summed E-state index contributed by atoms with van der Waals surface area (Å²) in [5.74, 6) is -0.830. The molecule has 5 nitrogen and oxygen atoms in total. The summed E-state index contributed by atoms with van der Waals surface area (Å²) in [5, 5.41) is 18.7. The molecule has 0 fully saturated rings. The lowest BCUT2D eigenvalue weighted by Crippen LogP contribution is -1.94. The molecule has 0 heterocycles. The molecule has 1 rings (SSSR count). The number of benzene rings is 1. The van der Waals surface area contributed by atoms with Crippen molar-refractivity contribution in [3.05, 3.63) is 11.6 Å². The maximum atomic E-state index is 10.6. The minimum atomic E-state index is -0.545. The molecule has 1 aromatic carbocycles. The lowest BCUT2D eigenvalue weighted by Gasteiger charge is -2.10. The topological polar surface area (TPSA) is 76.0 Å². The van der Waals surface area contributed by atoms with Gasteiger partial charge in [-0.2, -0.15) is 0 Å². The molecular formula is C9H10O5. The van der Waals surface area contributed by atoms with E-state index in [2.05, 4.69) is 0 Å². The largest absolute Gasteiger partial charge is 0.504 e. The minimum Gasteiger partial charge on any atom is -0.504 e. The van der Waals surface area contributed by atoms with E-state index in [-0.39, 0.29) is 17.1 Å². The van der Waals surface area contributed by atoms with Gasteiger partial charge in [0.25, 0.3) is 0 Å². The first-order chi connectivity index (χ1) is 6.65. The molecule has 0 unspecified atom stereocenters. The minimum absolute atomic E-state index is 0.0463. The number of aldehydes is 1. The van der Waals surface area contributed by atoms with E-state index in [1.165, 1.54) is 20.3 Å². The number of aromatic hydroxyl groups is 2. The van der Waals surface area contributed by atoms with Gasteiger partial charge in [-0.1, -0.05) is 0 Å². The highest BCUT2D eigenvalue weighted by Crippen LogP contribution is 2.42. The van der Waals surface area contributed by atoms with Gasteiger partial charge in [0.15, 0.2) is 17.8 Å². The van der Waals surface area contributed by atoms with Crippen LogP contribution in [0.1, 0.15) is 10.4 Å². The number of ether oxygens (including phenoxy) is 2. The van der Waals surface area contributed by atoms with Crippen LogP contribution < -0.4 is 9.47 Å². The smallest absolute Gasteiger partial charge is 0.201 e. The number of methoxy groups -OCH3 is 2. The van der Waals surface area contributed by atoms with Gasteiger partial charge in [-0.25, -0.2) is 0 Å². The van der Waals surface area contributed by atoms with Crippen molar-refractivity contribution in [2.75, 3.05) is 14.2 Å². The number of carbonyl (C=O) groups is 1. The fourth-order valence-electron chi connectivity index (χ4n) is 1.06. The van der Waals surface area contributed by atoms with Crippen LogP contribution in [0, 0.1) is 0 Å². The second-order valence-electron chi connectivity index (χ2n) is 2.51. The zero-order valence-electron chi connectivity index (χ0n) is 7.77. The van der Waals surface area contributed by atoms with Crippen molar-refractivity contribution in [2.24, 2.45) is 0 Å². The highest BCUT2D eigenvalue weighted by Gasteiger charge is 2.17. The van der Waals surface area contributed by atoms with Gasteiger partial charge < -0.3 is 19.7 Å². The fourth-order valence-corrected chi connectivity index (χ4v) is 1.06. The Bertz CT molecular complexity index is 359. The Morgan fingerprint density at radius 1 is 1.14 bits per heavy atom.